The molecule has 0 aliphatic carbocycles. The van der Waals surface area contributed by atoms with E-state index in [1.54, 1.807) is 19.5 Å². The van der Waals surface area contributed by atoms with E-state index in [4.69, 9.17) is 9.84 Å². The quantitative estimate of drug-likeness (QED) is 0.736. The summed E-state index contributed by atoms with van der Waals surface area (Å²) < 4.78 is 4.95. The third-order valence-corrected chi connectivity index (χ3v) is 2.03. The predicted octanol–water partition coefficient (Wildman–Crippen LogP) is 1.06. The van der Waals surface area contributed by atoms with E-state index in [1.807, 2.05) is 6.92 Å². The van der Waals surface area contributed by atoms with E-state index in [-0.39, 0.29) is 12.6 Å². The Morgan fingerprint density at radius 1 is 1.47 bits per heavy atom. The first-order valence-electron chi connectivity index (χ1n) is 4.99. The van der Waals surface area contributed by atoms with Crippen LogP contribution in [0.3, 0.4) is 0 Å². The average Bonchev–Trinajstić information content (AvgIpc) is 2.27. The molecule has 0 bridgehead atoms. The number of anilines is 1. The van der Waals surface area contributed by atoms with Crippen LogP contribution in [0.2, 0.25) is 0 Å². The van der Waals surface area contributed by atoms with Crippen molar-refractivity contribution in [3.63, 3.8) is 0 Å². The van der Waals surface area contributed by atoms with Crippen molar-refractivity contribution in [2.75, 3.05) is 19.0 Å². The van der Waals surface area contributed by atoms with E-state index in [0.29, 0.717) is 11.7 Å². The molecule has 1 aromatic rings. The fourth-order valence-electron chi connectivity index (χ4n) is 1.19. The largest absolute Gasteiger partial charge is 0.494 e. The molecule has 0 aromatic carbocycles. The summed E-state index contributed by atoms with van der Waals surface area (Å²) in [7, 11) is 1.58. The number of hydrogen-bond donors (Lipinski definition) is 2. The van der Waals surface area contributed by atoms with Crippen molar-refractivity contribution in [1.29, 1.82) is 0 Å². The van der Waals surface area contributed by atoms with Gasteiger partial charge in [0.05, 0.1) is 19.5 Å². The van der Waals surface area contributed by atoms with Gasteiger partial charge < -0.3 is 15.2 Å². The zero-order chi connectivity index (χ0) is 11.1. The molecule has 84 valence electrons. The van der Waals surface area contributed by atoms with Gasteiger partial charge in [-0.25, -0.2) is 9.97 Å². The van der Waals surface area contributed by atoms with Crippen LogP contribution in [0.5, 0.6) is 5.75 Å². The molecule has 0 radical (unpaired) electrons. The fourth-order valence-corrected chi connectivity index (χ4v) is 1.19. The lowest BCUT2D eigenvalue weighted by Crippen LogP contribution is -2.17. The Hall–Kier alpha value is -1.36. The first kappa shape index (κ1) is 11.7. The maximum Gasteiger partial charge on any atom is 0.223 e. The number of nitrogens with one attached hydrogen (secondary N) is 1. The Morgan fingerprint density at radius 2 is 2.13 bits per heavy atom. The van der Waals surface area contributed by atoms with E-state index in [0.717, 1.165) is 12.8 Å². The molecule has 1 heterocycles. The molecule has 0 saturated heterocycles. The molecule has 5 nitrogen and oxygen atoms in total. The SMILES string of the molecule is COc1cnc(NC(C)CCCO)nc1. The zero-order valence-electron chi connectivity index (χ0n) is 9.10. The molecular formula is C10H17N3O2. The highest BCUT2D eigenvalue weighted by Gasteiger charge is 2.03. The third kappa shape index (κ3) is 4.12. The molecule has 2 N–H and O–H groups in total. The lowest BCUT2D eigenvalue weighted by molar-refractivity contribution is 0.282. The summed E-state index contributed by atoms with van der Waals surface area (Å²) >= 11 is 0. The lowest BCUT2D eigenvalue weighted by Gasteiger charge is -2.12. The molecule has 0 amide bonds. The number of methoxy groups -OCH3 is 1. The van der Waals surface area contributed by atoms with Crippen molar-refractivity contribution in [3.8, 4) is 5.75 Å². The van der Waals surface area contributed by atoms with Gasteiger partial charge in [-0.15, -0.1) is 0 Å². The van der Waals surface area contributed by atoms with Crippen molar-refractivity contribution < 1.29 is 9.84 Å². The molecule has 0 saturated carbocycles. The van der Waals surface area contributed by atoms with Gasteiger partial charge in [-0.2, -0.15) is 0 Å². The minimum atomic E-state index is 0.218. The molecule has 15 heavy (non-hydrogen) atoms. The lowest BCUT2D eigenvalue weighted by atomic mass is 10.2. The summed E-state index contributed by atoms with van der Waals surface area (Å²) in [6.07, 6.45) is 4.92. The van der Waals surface area contributed by atoms with E-state index in [9.17, 15) is 0 Å². The van der Waals surface area contributed by atoms with Gasteiger partial charge in [0.25, 0.3) is 0 Å². The predicted molar refractivity (Wildman–Crippen MR) is 58.0 cm³/mol. The Bertz CT molecular complexity index is 277. The summed E-state index contributed by atoms with van der Waals surface area (Å²) in [6, 6.07) is 0.255. The van der Waals surface area contributed by atoms with Crippen LogP contribution in [0.25, 0.3) is 0 Å². The maximum absolute atomic E-state index is 8.67. The summed E-state index contributed by atoms with van der Waals surface area (Å²) in [5, 5.41) is 11.8. The molecular weight excluding hydrogens is 194 g/mol. The number of rotatable bonds is 6. The van der Waals surface area contributed by atoms with Gasteiger partial charge in [-0.3, -0.25) is 0 Å². The Labute approximate surface area is 89.5 Å². The van der Waals surface area contributed by atoms with E-state index in [1.165, 1.54) is 0 Å². The summed E-state index contributed by atoms with van der Waals surface area (Å²) in [5.74, 6) is 1.23. The number of aliphatic hydroxyl groups is 1. The number of aliphatic hydroxyl groups excluding tert-OH is 1. The van der Waals surface area contributed by atoms with Crippen molar-refractivity contribution in [3.05, 3.63) is 12.4 Å². The molecule has 1 aromatic heterocycles. The first-order valence-corrected chi connectivity index (χ1v) is 4.99. The summed E-state index contributed by atoms with van der Waals surface area (Å²) in [4.78, 5) is 8.18. The van der Waals surface area contributed by atoms with Crippen molar-refractivity contribution in [2.24, 2.45) is 0 Å². The summed E-state index contributed by atoms with van der Waals surface area (Å²) in [5.41, 5.74) is 0. The van der Waals surface area contributed by atoms with Crippen LogP contribution in [0.15, 0.2) is 12.4 Å². The molecule has 1 atom stereocenters. The fraction of sp³-hybridized carbons (Fsp3) is 0.600. The Morgan fingerprint density at radius 3 is 2.67 bits per heavy atom. The van der Waals surface area contributed by atoms with Crippen molar-refractivity contribution in [1.82, 2.24) is 9.97 Å². The monoisotopic (exact) mass is 211 g/mol. The normalized spacial score (nSPS) is 12.2. The Kier molecular flexibility index (Phi) is 4.83. The van der Waals surface area contributed by atoms with Crippen LogP contribution in [-0.2, 0) is 0 Å². The van der Waals surface area contributed by atoms with Crippen LogP contribution in [0, 0.1) is 0 Å². The van der Waals surface area contributed by atoms with Crippen LogP contribution in [-0.4, -0.2) is 34.8 Å². The number of ether oxygens (including phenoxy) is 1. The van der Waals surface area contributed by atoms with E-state index in [2.05, 4.69) is 15.3 Å². The number of aromatic nitrogens is 2. The second-order valence-corrected chi connectivity index (χ2v) is 3.36. The second kappa shape index (κ2) is 6.19. The van der Waals surface area contributed by atoms with Gasteiger partial charge >= 0.3 is 0 Å². The van der Waals surface area contributed by atoms with Gasteiger partial charge in [-0.1, -0.05) is 0 Å². The summed E-state index contributed by atoms with van der Waals surface area (Å²) in [6.45, 7) is 2.25. The van der Waals surface area contributed by atoms with Gasteiger partial charge in [0.15, 0.2) is 5.75 Å². The highest BCUT2D eigenvalue weighted by molar-refractivity contribution is 5.27. The second-order valence-electron chi connectivity index (χ2n) is 3.36. The molecule has 0 spiro atoms. The van der Waals surface area contributed by atoms with Crippen LogP contribution < -0.4 is 10.1 Å². The maximum atomic E-state index is 8.67. The highest BCUT2D eigenvalue weighted by Crippen LogP contribution is 2.09. The average molecular weight is 211 g/mol. The van der Waals surface area contributed by atoms with Gasteiger partial charge in [0.1, 0.15) is 0 Å². The molecule has 0 fully saturated rings. The number of nitrogens with zero attached hydrogens (tertiary/aromatic N) is 2. The molecule has 1 rings (SSSR count). The number of hydrogen-bond acceptors (Lipinski definition) is 5. The van der Waals surface area contributed by atoms with Crippen molar-refractivity contribution >= 4 is 5.95 Å². The van der Waals surface area contributed by atoms with E-state index < -0.39 is 0 Å². The molecule has 0 aliphatic heterocycles. The van der Waals surface area contributed by atoms with Gasteiger partial charge in [0, 0.05) is 12.6 Å². The van der Waals surface area contributed by atoms with Crippen molar-refractivity contribution in [2.45, 2.75) is 25.8 Å². The van der Waals surface area contributed by atoms with Crippen LogP contribution in [0.4, 0.5) is 5.95 Å². The van der Waals surface area contributed by atoms with Crippen LogP contribution >= 0.6 is 0 Å². The smallest absolute Gasteiger partial charge is 0.223 e. The molecule has 5 heteroatoms. The third-order valence-electron chi connectivity index (χ3n) is 2.03. The Balaban J connectivity index is 2.42. The highest BCUT2D eigenvalue weighted by atomic mass is 16.5. The van der Waals surface area contributed by atoms with E-state index >= 15 is 0 Å². The minimum Gasteiger partial charge on any atom is -0.494 e. The zero-order valence-corrected chi connectivity index (χ0v) is 9.10. The minimum absolute atomic E-state index is 0.218. The van der Waals surface area contributed by atoms with Crippen LogP contribution in [0.1, 0.15) is 19.8 Å². The first-order chi connectivity index (χ1) is 7.26. The standard InChI is InChI=1S/C10H17N3O2/c1-8(4-3-5-14)13-10-11-6-9(15-2)7-12-10/h6-8,14H,3-5H2,1-2H3,(H,11,12,13). The van der Waals surface area contributed by atoms with Gasteiger partial charge in [-0.05, 0) is 19.8 Å². The van der Waals surface area contributed by atoms with Gasteiger partial charge in [0.2, 0.25) is 5.95 Å². The molecule has 1 unspecified atom stereocenters. The topological polar surface area (TPSA) is 67.3 Å². The molecule has 0 aliphatic rings.